The van der Waals surface area contributed by atoms with Gasteiger partial charge in [0.05, 0.1) is 0 Å². The van der Waals surface area contributed by atoms with Gasteiger partial charge in [-0.05, 0) is 0 Å². The van der Waals surface area contributed by atoms with Crippen LogP contribution in [0.5, 0.6) is 0 Å². The van der Waals surface area contributed by atoms with Gasteiger partial charge in [-0.3, -0.25) is 0 Å². The minimum absolute atomic E-state index is 0. The van der Waals surface area contributed by atoms with E-state index in [1.807, 2.05) is 0 Å². The van der Waals surface area contributed by atoms with Crippen LogP contribution in [-0.4, -0.2) is 0 Å². The molecule has 5 heteroatoms. The first kappa shape index (κ1) is 47.1. The van der Waals surface area contributed by atoms with Crippen molar-refractivity contribution in [2.75, 3.05) is 0 Å². The second-order valence-electron chi connectivity index (χ2n) is 0. The van der Waals surface area contributed by atoms with Crippen molar-refractivity contribution in [3.63, 3.8) is 0 Å². The average molecular weight is 378 g/mol. The van der Waals surface area contributed by atoms with E-state index in [2.05, 4.69) is 0 Å². The molecule has 0 amide bonds. The molecule has 2 radical (unpaired) electrons. The van der Waals surface area contributed by atoms with E-state index in [0.717, 1.165) is 0 Å². The molecule has 0 unspecified atom stereocenters. The molecule has 40 valence electrons. The summed E-state index contributed by atoms with van der Waals surface area (Å²) in [5.41, 5.74) is 0. The van der Waals surface area contributed by atoms with E-state index in [-0.39, 0.29) is 103 Å². The third kappa shape index (κ3) is 20.2. The first-order valence-electron chi connectivity index (χ1n) is 0. The summed E-state index contributed by atoms with van der Waals surface area (Å²) in [5.74, 6) is 0. The summed E-state index contributed by atoms with van der Waals surface area (Å²) in [6, 6.07) is 0. The van der Waals surface area contributed by atoms with Gasteiger partial charge in [0.25, 0.3) is 0 Å². The maximum absolute atomic E-state index is 0. The van der Waals surface area contributed by atoms with Gasteiger partial charge in [0, 0.05) is 0 Å². The molecular weight excluding hydrogens is 378 g/mol. The molecule has 0 fully saturated rings. The Balaban J connectivity index is 0. The molecule has 0 atom stereocenters. The van der Waals surface area contributed by atoms with Crippen LogP contribution in [0.25, 0.3) is 0 Å². The van der Waals surface area contributed by atoms with Crippen molar-refractivity contribution in [3.05, 3.63) is 0 Å². The standard InChI is InChI=1S/Gd.3O.Yb/q+3;3*-2;+3. The summed E-state index contributed by atoms with van der Waals surface area (Å²) in [4.78, 5) is 0. The molecule has 0 saturated carbocycles. The Morgan fingerprint density at radius 3 is 0.600 bits per heavy atom. The molecule has 0 bridgehead atoms. The van der Waals surface area contributed by atoms with Gasteiger partial charge in [-0.25, -0.2) is 0 Å². The number of hydrogen-bond donors (Lipinski definition) is 0. The molecule has 0 aliphatic carbocycles. The Bertz CT molecular complexity index is 6.85. The van der Waals surface area contributed by atoms with E-state index >= 15 is 0 Å². The van der Waals surface area contributed by atoms with Crippen LogP contribution in [0, 0.1) is 86.9 Å². The van der Waals surface area contributed by atoms with Crippen molar-refractivity contribution in [1.29, 1.82) is 0 Å². The monoisotopic (exact) mass is 380 g/mol. The van der Waals surface area contributed by atoms with Crippen molar-refractivity contribution in [2.24, 2.45) is 0 Å². The fourth-order valence-electron chi connectivity index (χ4n) is 0. The van der Waals surface area contributed by atoms with Crippen LogP contribution in [0.4, 0.5) is 0 Å². The summed E-state index contributed by atoms with van der Waals surface area (Å²) in [7, 11) is 0. The normalized spacial score (nSPS) is 0. The van der Waals surface area contributed by atoms with Crippen LogP contribution in [-0.2, 0) is 16.4 Å². The minimum atomic E-state index is 0. The zero-order valence-corrected chi connectivity index (χ0v) is 5.83. The van der Waals surface area contributed by atoms with Gasteiger partial charge in [0.15, 0.2) is 0 Å². The van der Waals surface area contributed by atoms with Crippen molar-refractivity contribution < 1.29 is 103 Å². The second-order valence-corrected chi connectivity index (χ2v) is 0. The first-order chi connectivity index (χ1) is 0. The van der Waals surface area contributed by atoms with E-state index < -0.39 is 0 Å². The summed E-state index contributed by atoms with van der Waals surface area (Å²) in [6.45, 7) is 0. The zero-order chi connectivity index (χ0) is 0. The third-order valence-electron chi connectivity index (χ3n) is 0. The summed E-state index contributed by atoms with van der Waals surface area (Å²) >= 11 is 0. The van der Waals surface area contributed by atoms with Gasteiger partial charge in [-0.2, -0.15) is 0 Å². The SMILES string of the molecule is [Gd+3].[O-2].[O-2].[O-2].[Yb+3]. The summed E-state index contributed by atoms with van der Waals surface area (Å²) in [6.07, 6.45) is 0. The van der Waals surface area contributed by atoms with Gasteiger partial charge in [0.2, 0.25) is 0 Å². The van der Waals surface area contributed by atoms with Gasteiger partial charge in [-0.1, -0.05) is 0 Å². The molecule has 0 N–H and O–H groups in total. The van der Waals surface area contributed by atoms with Gasteiger partial charge < -0.3 is 16.4 Å². The van der Waals surface area contributed by atoms with E-state index in [1.165, 1.54) is 0 Å². The van der Waals surface area contributed by atoms with Crippen LogP contribution in [0.15, 0.2) is 0 Å². The van der Waals surface area contributed by atoms with Crippen LogP contribution < -0.4 is 0 Å². The number of rotatable bonds is 0. The topological polar surface area (TPSA) is 85.5 Å². The Hall–Kier alpha value is 2.72. The van der Waals surface area contributed by atoms with Crippen molar-refractivity contribution in [3.8, 4) is 0 Å². The molecule has 3 nitrogen and oxygen atoms in total. The molecule has 0 aliphatic heterocycles. The molecule has 5 heavy (non-hydrogen) atoms. The van der Waals surface area contributed by atoms with Crippen LogP contribution >= 0.6 is 0 Å². The smallest absolute Gasteiger partial charge is 2.00 e. The fourth-order valence-corrected chi connectivity index (χ4v) is 0. The van der Waals surface area contributed by atoms with Crippen molar-refractivity contribution >= 4 is 0 Å². The maximum Gasteiger partial charge on any atom is 3.00 e. The summed E-state index contributed by atoms with van der Waals surface area (Å²) in [5, 5.41) is 0. The van der Waals surface area contributed by atoms with Crippen molar-refractivity contribution in [1.82, 2.24) is 0 Å². The molecule has 0 rings (SSSR count). The Morgan fingerprint density at radius 1 is 0.600 bits per heavy atom. The van der Waals surface area contributed by atoms with E-state index in [9.17, 15) is 0 Å². The maximum atomic E-state index is 0. The molecule has 0 aromatic rings. The zero-order valence-electron chi connectivity index (χ0n) is 1.85. The van der Waals surface area contributed by atoms with E-state index in [0.29, 0.717) is 0 Å². The Morgan fingerprint density at radius 2 is 0.600 bits per heavy atom. The van der Waals surface area contributed by atoms with Crippen LogP contribution in [0.1, 0.15) is 0 Å². The summed E-state index contributed by atoms with van der Waals surface area (Å²) < 4.78 is 0. The Kier molecular flexibility index (Phi) is 279. The second kappa shape index (κ2) is 29.7. The third-order valence-corrected chi connectivity index (χ3v) is 0. The fraction of sp³-hybridized carbons (Fsp3) is 0. The van der Waals surface area contributed by atoms with Gasteiger partial charge in [-0.15, -0.1) is 0 Å². The quantitative estimate of drug-likeness (QED) is 0.552. The molecule has 0 spiro atoms. The molecular formula is GdO3Yb. The number of hydrogen-bond acceptors (Lipinski definition) is 0. The van der Waals surface area contributed by atoms with Crippen LogP contribution in [0.2, 0.25) is 0 Å². The minimum Gasteiger partial charge on any atom is -2.00 e. The largest absolute Gasteiger partial charge is 3.00 e. The Labute approximate surface area is 101 Å². The van der Waals surface area contributed by atoms with E-state index in [4.69, 9.17) is 0 Å². The van der Waals surface area contributed by atoms with Crippen molar-refractivity contribution in [2.45, 2.75) is 0 Å². The molecule has 0 aliphatic rings. The predicted molar refractivity (Wildman–Crippen MR) is 2.06 cm³/mol. The first-order valence-corrected chi connectivity index (χ1v) is 0. The molecule has 0 aromatic carbocycles. The van der Waals surface area contributed by atoms with Crippen LogP contribution in [0.3, 0.4) is 0 Å². The van der Waals surface area contributed by atoms with Gasteiger partial charge in [0.1, 0.15) is 0 Å². The predicted octanol–water partition coefficient (Wildman–Crippen LogP) is -0.356. The average Bonchev–Trinajstić information content (AvgIpc) is 0. The molecule has 0 heterocycles. The molecule has 0 saturated heterocycles. The van der Waals surface area contributed by atoms with Gasteiger partial charge >= 0.3 is 86.9 Å². The molecule has 0 aromatic heterocycles. The van der Waals surface area contributed by atoms with E-state index in [1.54, 1.807) is 0 Å².